The summed E-state index contributed by atoms with van der Waals surface area (Å²) in [4.78, 5) is 16.7. The Morgan fingerprint density at radius 1 is 1.28 bits per heavy atom. The van der Waals surface area contributed by atoms with Gasteiger partial charge in [0.25, 0.3) is 0 Å². The largest absolute Gasteiger partial charge is 0.355 e. The van der Waals surface area contributed by atoms with Crippen molar-refractivity contribution in [1.29, 1.82) is 0 Å². The SMILES string of the molecule is CN(C)CCNC(=O)CCc1cc2n(n1)CCCN(C1CCCC1)C2. The molecule has 1 aromatic rings. The number of carbonyl (C=O) groups is 1. The monoisotopic (exact) mass is 347 g/mol. The van der Waals surface area contributed by atoms with E-state index in [0.29, 0.717) is 13.0 Å². The van der Waals surface area contributed by atoms with Crippen molar-refractivity contribution in [2.24, 2.45) is 0 Å². The lowest BCUT2D eigenvalue weighted by atomic mass is 10.2. The number of aryl methyl sites for hydroxylation is 2. The van der Waals surface area contributed by atoms with Crippen LogP contribution in [0.5, 0.6) is 0 Å². The molecule has 0 unspecified atom stereocenters. The van der Waals surface area contributed by atoms with Gasteiger partial charge < -0.3 is 10.2 Å². The minimum absolute atomic E-state index is 0.123. The number of hydrogen-bond acceptors (Lipinski definition) is 4. The van der Waals surface area contributed by atoms with Gasteiger partial charge in [0.1, 0.15) is 0 Å². The fraction of sp³-hybridized carbons (Fsp3) is 0.789. The van der Waals surface area contributed by atoms with Crippen LogP contribution in [-0.4, -0.2) is 65.3 Å². The molecule has 1 aliphatic heterocycles. The topological polar surface area (TPSA) is 53.4 Å². The van der Waals surface area contributed by atoms with E-state index in [0.717, 1.165) is 37.8 Å². The minimum atomic E-state index is 0.123. The molecule has 1 fully saturated rings. The first-order valence-corrected chi connectivity index (χ1v) is 9.83. The van der Waals surface area contributed by atoms with E-state index in [1.807, 2.05) is 14.1 Å². The third kappa shape index (κ3) is 5.28. The van der Waals surface area contributed by atoms with Gasteiger partial charge in [-0.1, -0.05) is 12.8 Å². The summed E-state index contributed by atoms with van der Waals surface area (Å²) in [5.41, 5.74) is 2.39. The Labute approximate surface area is 151 Å². The molecule has 2 aliphatic rings. The number of hydrogen-bond donors (Lipinski definition) is 1. The van der Waals surface area contributed by atoms with Crippen LogP contribution in [0.2, 0.25) is 0 Å². The smallest absolute Gasteiger partial charge is 0.220 e. The summed E-state index contributed by atoms with van der Waals surface area (Å²) in [6.45, 7) is 4.81. The van der Waals surface area contributed by atoms with Crippen LogP contribution in [0.25, 0.3) is 0 Å². The maximum absolute atomic E-state index is 11.9. The van der Waals surface area contributed by atoms with Crippen LogP contribution >= 0.6 is 0 Å². The minimum Gasteiger partial charge on any atom is -0.355 e. The Kier molecular flexibility index (Phi) is 6.48. The molecule has 1 N–H and O–H groups in total. The van der Waals surface area contributed by atoms with E-state index < -0.39 is 0 Å². The van der Waals surface area contributed by atoms with Gasteiger partial charge in [-0.2, -0.15) is 5.10 Å². The predicted molar refractivity (Wildman–Crippen MR) is 99.4 cm³/mol. The van der Waals surface area contributed by atoms with E-state index in [9.17, 15) is 4.79 Å². The van der Waals surface area contributed by atoms with Crippen molar-refractivity contribution in [1.82, 2.24) is 24.9 Å². The zero-order valence-electron chi connectivity index (χ0n) is 15.8. The van der Waals surface area contributed by atoms with Gasteiger partial charge >= 0.3 is 0 Å². The lowest BCUT2D eigenvalue weighted by molar-refractivity contribution is -0.121. The highest BCUT2D eigenvalue weighted by Crippen LogP contribution is 2.26. The van der Waals surface area contributed by atoms with Crippen LogP contribution in [0.1, 0.15) is 49.9 Å². The molecular weight excluding hydrogens is 314 g/mol. The van der Waals surface area contributed by atoms with Gasteiger partial charge in [-0.3, -0.25) is 14.4 Å². The zero-order valence-corrected chi connectivity index (χ0v) is 15.8. The summed E-state index contributed by atoms with van der Waals surface area (Å²) < 4.78 is 2.17. The van der Waals surface area contributed by atoms with Crippen LogP contribution in [0, 0.1) is 0 Å². The molecule has 1 aromatic heterocycles. The van der Waals surface area contributed by atoms with Crippen molar-refractivity contribution in [3.8, 4) is 0 Å². The number of nitrogens with one attached hydrogen (secondary N) is 1. The van der Waals surface area contributed by atoms with Crippen LogP contribution in [0.15, 0.2) is 6.07 Å². The van der Waals surface area contributed by atoms with E-state index in [2.05, 4.69) is 25.9 Å². The molecule has 25 heavy (non-hydrogen) atoms. The molecule has 0 spiro atoms. The molecule has 3 rings (SSSR count). The lowest BCUT2D eigenvalue weighted by Crippen LogP contribution is -2.32. The number of amides is 1. The number of aromatic nitrogens is 2. The molecule has 1 saturated carbocycles. The summed E-state index contributed by atoms with van der Waals surface area (Å²) in [6.07, 6.45) is 7.91. The van der Waals surface area contributed by atoms with Gasteiger partial charge in [-0.25, -0.2) is 0 Å². The highest BCUT2D eigenvalue weighted by Gasteiger charge is 2.25. The highest BCUT2D eigenvalue weighted by molar-refractivity contribution is 5.76. The maximum Gasteiger partial charge on any atom is 0.220 e. The normalized spacial score (nSPS) is 19.2. The second-order valence-electron chi connectivity index (χ2n) is 7.77. The summed E-state index contributed by atoms with van der Waals surface area (Å²) in [6, 6.07) is 2.99. The van der Waals surface area contributed by atoms with Gasteiger partial charge in [-0.15, -0.1) is 0 Å². The molecular formula is C19H33N5O. The number of rotatable bonds is 7. The first kappa shape index (κ1) is 18.4. The Morgan fingerprint density at radius 2 is 2.08 bits per heavy atom. The number of nitrogens with zero attached hydrogens (tertiary/aromatic N) is 4. The molecule has 1 aliphatic carbocycles. The van der Waals surface area contributed by atoms with Crippen molar-refractivity contribution < 1.29 is 4.79 Å². The first-order valence-electron chi connectivity index (χ1n) is 9.83. The van der Waals surface area contributed by atoms with Crippen LogP contribution in [0.3, 0.4) is 0 Å². The average Bonchev–Trinajstić information content (AvgIpc) is 3.19. The molecule has 140 valence electrons. The molecule has 0 bridgehead atoms. The lowest BCUT2D eigenvalue weighted by Gasteiger charge is -2.26. The molecule has 6 nitrogen and oxygen atoms in total. The standard InChI is InChI=1S/C19H33N5O/c1-22(2)13-10-20-19(25)9-8-16-14-18-15-23(17-6-3-4-7-17)11-5-12-24(18)21-16/h14,17H,3-13,15H2,1-2H3,(H,20,25). The molecule has 0 atom stereocenters. The first-order chi connectivity index (χ1) is 12.1. The predicted octanol–water partition coefficient (Wildman–Crippen LogP) is 1.64. The molecule has 6 heteroatoms. The zero-order chi connectivity index (χ0) is 17.6. The van der Waals surface area contributed by atoms with Crippen LogP contribution in [0.4, 0.5) is 0 Å². The van der Waals surface area contributed by atoms with Crippen LogP contribution < -0.4 is 5.32 Å². The third-order valence-electron chi connectivity index (χ3n) is 5.42. The average molecular weight is 348 g/mol. The fourth-order valence-electron chi connectivity index (χ4n) is 4.00. The fourth-order valence-corrected chi connectivity index (χ4v) is 4.00. The van der Waals surface area contributed by atoms with Crippen molar-refractivity contribution in [3.05, 3.63) is 17.5 Å². The molecule has 0 radical (unpaired) electrons. The van der Waals surface area contributed by atoms with Gasteiger partial charge in [-0.05, 0) is 39.4 Å². The quantitative estimate of drug-likeness (QED) is 0.815. The van der Waals surface area contributed by atoms with Gasteiger partial charge in [0.05, 0.1) is 11.4 Å². The Bertz CT molecular complexity index is 562. The van der Waals surface area contributed by atoms with E-state index >= 15 is 0 Å². The summed E-state index contributed by atoms with van der Waals surface area (Å²) >= 11 is 0. The van der Waals surface area contributed by atoms with E-state index in [-0.39, 0.29) is 5.91 Å². The second-order valence-corrected chi connectivity index (χ2v) is 7.77. The van der Waals surface area contributed by atoms with Gasteiger partial charge in [0.15, 0.2) is 0 Å². The Hall–Kier alpha value is -1.40. The third-order valence-corrected chi connectivity index (χ3v) is 5.42. The Balaban J connectivity index is 1.50. The molecule has 2 heterocycles. The van der Waals surface area contributed by atoms with E-state index in [4.69, 9.17) is 5.10 Å². The van der Waals surface area contributed by atoms with Crippen LogP contribution in [-0.2, 0) is 24.3 Å². The van der Waals surface area contributed by atoms with Crippen molar-refractivity contribution >= 4 is 5.91 Å². The highest BCUT2D eigenvalue weighted by atomic mass is 16.1. The van der Waals surface area contributed by atoms with E-state index in [1.54, 1.807) is 0 Å². The molecule has 0 saturated heterocycles. The van der Waals surface area contributed by atoms with Gasteiger partial charge in [0.2, 0.25) is 5.91 Å². The summed E-state index contributed by atoms with van der Waals surface area (Å²) in [5.74, 6) is 0.123. The number of carbonyl (C=O) groups excluding carboxylic acids is 1. The van der Waals surface area contributed by atoms with Gasteiger partial charge in [0, 0.05) is 51.6 Å². The van der Waals surface area contributed by atoms with Crippen molar-refractivity contribution in [3.63, 3.8) is 0 Å². The van der Waals surface area contributed by atoms with E-state index in [1.165, 1.54) is 44.3 Å². The molecule has 1 amide bonds. The number of likely N-dealkylation sites (N-methyl/N-ethyl adjacent to an activating group) is 1. The van der Waals surface area contributed by atoms with Crippen molar-refractivity contribution in [2.75, 3.05) is 33.7 Å². The number of fused-ring (bicyclic) bond motifs is 1. The molecule has 0 aromatic carbocycles. The summed E-state index contributed by atoms with van der Waals surface area (Å²) in [7, 11) is 4.03. The Morgan fingerprint density at radius 3 is 2.84 bits per heavy atom. The second kappa shape index (κ2) is 8.81. The summed E-state index contributed by atoms with van der Waals surface area (Å²) in [5, 5.41) is 7.73. The maximum atomic E-state index is 11.9. The van der Waals surface area contributed by atoms with Crippen molar-refractivity contribution in [2.45, 2.75) is 64.1 Å².